The number of furan rings is 1. The maximum absolute atomic E-state index is 13.1. The molecule has 4 aromatic rings. The van der Waals surface area contributed by atoms with E-state index < -0.39 is 0 Å². The van der Waals surface area contributed by atoms with Crippen molar-refractivity contribution in [2.24, 2.45) is 0 Å². The first-order valence-corrected chi connectivity index (χ1v) is 7.75. The van der Waals surface area contributed by atoms with Crippen molar-refractivity contribution in [2.45, 2.75) is 6.92 Å². The summed E-state index contributed by atoms with van der Waals surface area (Å²) in [6.45, 7) is 5.75. The molecule has 25 heavy (non-hydrogen) atoms. The fourth-order valence-electron chi connectivity index (χ4n) is 3.02. The molecule has 0 N–H and O–H groups in total. The van der Waals surface area contributed by atoms with Crippen molar-refractivity contribution in [1.29, 1.82) is 0 Å². The van der Waals surface area contributed by atoms with E-state index in [-0.39, 0.29) is 5.43 Å². The molecule has 2 heterocycles. The van der Waals surface area contributed by atoms with Gasteiger partial charge in [0, 0.05) is 6.07 Å². The topological polar surface area (TPSA) is 61.8 Å². The summed E-state index contributed by atoms with van der Waals surface area (Å²) >= 11 is 0. The van der Waals surface area contributed by atoms with E-state index in [0.29, 0.717) is 50.2 Å². The van der Waals surface area contributed by atoms with Crippen LogP contribution in [0.5, 0.6) is 11.5 Å². The van der Waals surface area contributed by atoms with Crippen LogP contribution in [0.4, 0.5) is 0 Å². The molecular weight excluding hydrogens is 320 g/mol. The van der Waals surface area contributed by atoms with Crippen molar-refractivity contribution in [1.82, 2.24) is 0 Å². The number of fused-ring (bicyclic) bond motifs is 4. The van der Waals surface area contributed by atoms with Crippen LogP contribution in [0.15, 0.2) is 50.5 Å². The van der Waals surface area contributed by atoms with Gasteiger partial charge in [0.1, 0.15) is 22.5 Å². The van der Waals surface area contributed by atoms with E-state index in [9.17, 15) is 4.79 Å². The molecule has 2 aromatic carbocycles. The molecule has 0 fully saturated rings. The summed E-state index contributed by atoms with van der Waals surface area (Å²) in [6.07, 6.45) is 0. The predicted molar refractivity (Wildman–Crippen MR) is 97.6 cm³/mol. The minimum atomic E-state index is -0.174. The van der Waals surface area contributed by atoms with Crippen molar-refractivity contribution in [3.05, 3.63) is 52.9 Å². The molecule has 0 saturated carbocycles. The summed E-state index contributed by atoms with van der Waals surface area (Å²) in [6, 6.07) is 8.74. The van der Waals surface area contributed by atoms with Gasteiger partial charge in [-0.1, -0.05) is 12.6 Å². The van der Waals surface area contributed by atoms with E-state index in [1.165, 1.54) is 14.2 Å². The van der Waals surface area contributed by atoms with Gasteiger partial charge in [0.25, 0.3) is 0 Å². The van der Waals surface area contributed by atoms with Crippen LogP contribution in [-0.4, -0.2) is 14.2 Å². The Balaban J connectivity index is 2.28. The Hall–Kier alpha value is -3.21. The number of hydrogen-bond acceptors (Lipinski definition) is 5. The van der Waals surface area contributed by atoms with E-state index >= 15 is 0 Å². The van der Waals surface area contributed by atoms with E-state index in [1.807, 2.05) is 13.0 Å². The Morgan fingerprint density at radius 1 is 1.00 bits per heavy atom. The minimum absolute atomic E-state index is 0.174. The minimum Gasteiger partial charge on any atom is -0.496 e. The van der Waals surface area contributed by atoms with Gasteiger partial charge in [0.2, 0.25) is 5.43 Å². The second-order valence-corrected chi connectivity index (χ2v) is 5.85. The van der Waals surface area contributed by atoms with Gasteiger partial charge in [-0.2, -0.15) is 0 Å². The SMILES string of the molecule is C=C(C)c1cc2c(cc(OC)c3c(=O)c4cccc(OC)c4oc32)o1. The van der Waals surface area contributed by atoms with E-state index in [2.05, 4.69) is 6.58 Å². The van der Waals surface area contributed by atoms with Crippen LogP contribution in [0.2, 0.25) is 0 Å². The number of hydrogen-bond donors (Lipinski definition) is 0. The van der Waals surface area contributed by atoms with E-state index in [0.717, 1.165) is 5.57 Å². The molecule has 0 aliphatic heterocycles. The lowest BCUT2D eigenvalue weighted by atomic mass is 10.1. The molecule has 0 aliphatic carbocycles. The molecule has 5 nitrogen and oxygen atoms in total. The van der Waals surface area contributed by atoms with Crippen LogP contribution in [0.3, 0.4) is 0 Å². The number of ether oxygens (including phenoxy) is 2. The quantitative estimate of drug-likeness (QED) is 0.506. The Labute approximate surface area is 143 Å². The monoisotopic (exact) mass is 336 g/mol. The first-order chi connectivity index (χ1) is 12.0. The molecule has 5 heteroatoms. The average molecular weight is 336 g/mol. The second kappa shape index (κ2) is 5.41. The number of allylic oxidation sites excluding steroid dienone is 1. The first-order valence-electron chi connectivity index (χ1n) is 7.75. The van der Waals surface area contributed by atoms with Crippen LogP contribution in [0, 0.1) is 0 Å². The van der Waals surface area contributed by atoms with E-state index in [1.54, 1.807) is 24.3 Å². The molecule has 0 aliphatic rings. The summed E-state index contributed by atoms with van der Waals surface area (Å²) in [5, 5.41) is 1.51. The molecule has 0 spiro atoms. The molecule has 4 rings (SSSR count). The van der Waals surface area contributed by atoms with E-state index in [4.69, 9.17) is 18.3 Å². The molecule has 0 radical (unpaired) electrons. The number of benzene rings is 2. The number of methoxy groups -OCH3 is 2. The lowest BCUT2D eigenvalue weighted by molar-refractivity contribution is 0.410. The van der Waals surface area contributed by atoms with Crippen molar-refractivity contribution in [2.75, 3.05) is 14.2 Å². The smallest absolute Gasteiger partial charge is 0.204 e. The summed E-state index contributed by atoms with van der Waals surface area (Å²) in [5.41, 5.74) is 1.98. The van der Waals surface area contributed by atoms with Gasteiger partial charge in [0.15, 0.2) is 16.9 Å². The zero-order valence-corrected chi connectivity index (χ0v) is 14.1. The highest BCUT2D eigenvalue weighted by molar-refractivity contribution is 6.09. The van der Waals surface area contributed by atoms with Gasteiger partial charge < -0.3 is 18.3 Å². The molecule has 126 valence electrons. The second-order valence-electron chi connectivity index (χ2n) is 5.85. The van der Waals surface area contributed by atoms with Gasteiger partial charge in [0.05, 0.1) is 25.0 Å². The number of para-hydroxylation sites is 1. The third-order valence-corrected chi connectivity index (χ3v) is 4.26. The highest BCUT2D eigenvalue weighted by Gasteiger charge is 2.20. The Morgan fingerprint density at radius 3 is 2.44 bits per heavy atom. The summed E-state index contributed by atoms with van der Waals surface area (Å²) in [7, 11) is 3.05. The zero-order valence-electron chi connectivity index (χ0n) is 14.1. The molecule has 0 unspecified atom stereocenters. The van der Waals surface area contributed by atoms with Crippen molar-refractivity contribution in [3.63, 3.8) is 0 Å². The normalized spacial score (nSPS) is 11.3. The van der Waals surface area contributed by atoms with Crippen LogP contribution in [-0.2, 0) is 0 Å². The van der Waals surface area contributed by atoms with Gasteiger partial charge in [-0.3, -0.25) is 4.79 Å². The largest absolute Gasteiger partial charge is 0.496 e. The maximum Gasteiger partial charge on any atom is 0.204 e. The van der Waals surface area contributed by atoms with Crippen LogP contribution < -0.4 is 14.9 Å². The third-order valence-electron chi connectivity index (χ3n) is 4.26. The van der Waals surface area contributed by atoms with Gasteiger partial charge >= 0.3 is 0 Å². The predicted octanol–water partition coefficient (Wildman–Crippen LogP) is 4.74. The molecule has 0 bridgehead atoms. The highest BCUT2D eigenvalue weighted by Crippen LogP contribution is 2.37. The van der Waals surface area contributed by atoms with Gasteiger partial charge in [-0.05, 0) is 30.7 Å². The van der Waals surface area contributed by atoms with Crippen LogP contribution in [0.25, 0.3) is 38.5 Å². The lowest BCUT2D eigenvalue weighted by Crippen LogP contribution is -2.05. The fraction of sp³-hybridized carbons (Fsp3) is 0.150. The Bertz CT molecular complexity index is 1210. The van der Waals surface area contributed by atoms with Crippen molar-refractivity contribution in [3.8, 4) is 11.5 Å². The summed E-state index contributed by atoms with van der Waals surface area (Å²) in [5.74, 6) is 1.53. The molecule has 0 atom stereocenters. The molecular formula is C20H16O5. The average Bonchev–Trinajstić information content (AvgIpc) is 3.05. The summed E-state index contributed by atoms with van der Waals surface area (Å²) < 4.78 is 22.7. The highest BCUT2D eigenvalue weighted by atomic mass is 16.5. The Kier molecular flexibility index (Phi) is 3.32. The summed E-state index contributed by atoms with van der Waals surface area (Å²) in [4.78, 5) is 13.1. The Morgan fingerprint density at radius 2 is 1.76 bits per heavy atom. The van der Waals surface area contributed by atoms with Gasteiger partial charge in [-0.15, -0.1) is 0 Å². The fourth-order valence-corrected chi connectivity index (χ4v) is 3.02. The van der Waals surface area contributed by atoms with Crippen molar-refractivity contribution < 1.29 is 18.3 Å². The zero-order chi connectivity index (χ0) is 17.7. The van der Waals surface area contributed by atoms with Crippen LogP contribution in [0.1, 0.15) is 12.7 Å². The van der Waals surface area contributed by atoms with Crippen LogP contribution >= 0.6 is 0 Å². The number of rotatable bonds is 3. The van der Waals surface area contributed by atoms with Crippen molar-refractivity contribution >= 4 is 38.5 Å². The molecule has 0 saturated heterocycles. The first kappa shape index (κ1) is 15.3. The molecule has 0 amide bonds. The third kappa shape index (κ3) is 2.12. The molecule has 2 aromatic heterocycles. The van der Waals surface area contributed by atoms with Gasteiger partial charge in [-0.25, -0.2) is 0 Å². The lowest BCUT2D eigenvalue weighted by Gasteiger charge is -2.09. The standard InChI is InChI=1S/C20H16O5/c1-10(2)14-8-12-15(24-14)9-16(23-4)17-18(21)11-6-5-7-13(22-3)19(11)25-20(12)17/h5-9H,1H2,2-4H3. The maximum atomic E-state index is 13.1.